The van der Waals surface area contributed by atoms with E-state index in [0.29, 0.717) is 31.3 Å². The number of benzene rings is 1. The van der Waals surface area contributed by atoms with Crippen LogP contribution in [0.25, 0.3) is 0 Å². The Morgan fingerprint density at radius 1 is 1.42 bits per heavy atom. The van der Waals surface area contributed by atoms with Crippen LogP contribution in [0.15, 0.2) is 24.3 Å². The number of ether oxygens (including phenoxy) is 1. The van der Waals surface area contributed by atoms with Gasteiger partial charge in [0.15, 0.2) is 0 Å². The van der Waals surface area contributed by atoms with Crippen molar-refractivity contribution < 1.29 is 9.66 Å². The molecule has 0 bridgehead atoms. The third-order valence-electron chi connectivity index (χ3n) is 4.10. The first-order chi connectivity index (χ1) is 11.4. The van der Waals surface area contributed by atoms with E-state index < -0.39 is 4.92 Å². The molecule has 1 aliphatic rings. The Bertz CT molecular complexity index is 762. The predicted molar refractivity (Wildman–Crippen MR) is 91.8 cm³/mol. The Morgan fingerprint density at radius 2 is 2.21 bits per heavy atom. The van der Waals surface area contributed by atoms with Gasteiger partial charge in [0.05, 0.1) is 40.6 Å². The molecule has 1 aromatic carbocycles. The third-order valence-corrected chi connectivity index (χ3v) is 4.40. The summed E-state index contributed by atoms with van der Waals surface area (Å²) in [7, 11) is 0. The summed E-state index contributed by atoms with van der Waals surface area (Å²) in [5.74, 6) is 0. The maximum absolute atomic E-state index is 10.8. The Hall–Kier alpha value is -2.12. The molecule has 7 nitrogen and oxygen atoms in total. The van der Waals surface area contributed by atoms with Crippen LogP contribution in [0.3, 0.4) is 0 Å². The Kier molecular flexibility index (Phi) is 4.73. The van der Waals surface area contributed by atoms with Crippen molar-refractivity contribution in [3.63, 3.8) is 0 Å². The van der Waals surface area contributed by atoms with Gasteiger partial charge in [-0.15, -0.1) is 0 Å². The second kappa shape index (κ2) is 6.78. The number of nitrogens with zero attached hydrogens (tertiary/aromatic N) is 4. The molecule has 128 valence electrons. The molecule has 3 rings (SSSR count). The largest absolute Gasteiger partial charge is 0.373 e. The summed E-state index contributed by atoms with van der Waals surface area (Å²) in [6.07, 6.45) is -0.0111. The maximum atomic E-state index is 10.8. The number of aromatic nitrogens is 2. The predicted octanol–water partition coefficient (Wildman–Crippen LogP) is 2.97. The lowest BCUT2D eigenvalue weighted by Crippen LogP contribution is -2.44. The molecule has 2 aromatic rings. The van der Waals surface area contributed by atoms with Crippen molar-refractivity contribution in [2.75, 3.05) is 24.6 Å². The monoisotopic (exact) mass is 350 g/mol. The smallest absolute Gasteiger partial charge is 0.271 e. The van der Waals surface area contributed by atoms with Crippen LogP contribution in [0.1, 0.15) is 11.4 Å². The summed E-state index contributed by atoms with van der Waals surface area (Å²) in [4.78, 5) is 12.5. The molecule has 0 spiro atoms. The highest BCUT2D eigenvalue weighted by Crippen LogP contribution is 2.31. The van der Waals surface area contributed by atoms with Crippen LogP contribution in [0.4, 0.5) is 11.4 Å². The highest BCUT2D eigenvalue weighted by atomic mass is 35.5. The van der Waals surface area contributed by atoms with Crippen LogP contribution in [0, 0.1) is 24.0 Å². The molecule has 1 unspecified atom stereocenters. The number of nitro groups is 1. The van der Waals surface area contributed by atoms with Gasteiger partial charge in [0, 0.05) is 30.9 Å². The number of aryl methyl sites for hydroxylation is 2. The molecule has 1 atom stereocenters. The molecule has 1 saturated heterocycles. The lowest BCUT2D eigenvalue weighted by Gasteiger charge is -2.35. The molecule has 0 amide bonds. The normalized spacial score (nSPS) is 18.0. The summed E-state index contributed by atoms with van der Waals surface area (Å²) in [5.41, 5.74) is 2.88. The van der Waals surface area contributed by atoms with Crippen molar-refractivity contribution in [2.45, 2.75) is 26.5 Å². The highest BCUT2D eigenvalue weighted by Gasteiger charge is 2.24. The summed E-state index contributed by atoms with van der Waals surface area (Å²) in [6, 6.07) is 6.61. The van der Waals surface area contributed by atoms with Crippen molar-refractivity contribution in [1.29, 1.82) is 0 Å². The van der Waals surface area contributed by atoms with E-state index in [4.69, 9.17) is 16.3 Å². The minimum absolute atomic E-state index is 0.00352. The zero-order chi connectivity index (χ0) is 17.3. The topological polar surface area (TPSA) is 73.4 Å². The van der Waals surface area contributed by atoms with E-state index in [2.05, 4.69) is 10.00 Å². The van der Waals surface area contributed by atoms with Crippen molar-refractivity contribution in [3.8, 4) is 0 Å². The van der Waals surface area contributed by atoms with Crippen LogP contribution >= 0.6 is 11.6 Å². The Labute approximate surface area is 144 Å². The summed E-state index contributed by atoms with van der Waals surface area (Å²) >= 11 is 6.24. The minimum atomic E-state index is -0.444. The van der Waals surface area contributed by atoms with Gasteiger partial charge < -0.3 is 9.64 Å². The Morgan fingerprint density at radius 3 is 2.83 bits per heavy atom. The molecule has 0 aliphatic carbocycles. The van der Waals surface area contributed by atoms with Gasteiger partial charge in [0.2, 0.25) is 0 Å². The quantitative estimate of drug-likeness (QED) is 0.626. The zero-order valence-corrected chi connectivity index (χ0v) is 14.4. The number of non-ortho nitro benzene ring substituents is 1. The second-order valence-corrected chi connectivity index (χ2v) is 6.35. The third kappa shape index (κ3) is 3.52. The number of hydrogen-bond acceptors (Lipinski definition) is 5. The molecule has 1 aromatic heterocycles. The molecule has 1 fully saturated rings. The van der Waals surface area contributed by atoms with Gasteiger partial charge in [0.1, 0.15) is 0 Å². The van der Waals surface area contributed by atoms with E-state index in [1.165, 1.54) is 12.1 Å². The lowest BCUT2D eigenvalue weighted by molar-refractivity contribution is -0.384. The average molecular weight is 351 g/mol. The number of nitro benzene ring substituents is 1. The fourth-order valence-corrected chi connectivity index (χ4v) is 3.26. The molecular formula is C16H19ClN4O3. The summed E-state index contributed by atoms with van der Waals surface area (Å²) in [6.45, 7) is 6.60. The van der Waals surface area contributed by atoms with Gasteiger partial charge in [-0.2, -0.15) is 5.10 Å². The number of morpholine rings is 1. The highest BCUT2D eigenvalue weighted by molar-refractivity contribution is 6.33. The first-order valence-electron chi connectivity index (χ1n) is 7.75. The van der Waals surface area contributed by atoms with Crippen LogP contribution in [-0.4, -0.2) is 40.5 Å². The zero-order valence-electron chi connectivity index (χ0n) is 13.6. The van der Waals surface area contributed by atoms with Gasteiger partial charge >= 0.3 is 0 Å². The lowest BCUT2D eigenvalue weighted by atomic mass is 10.2. The number of hydrogen-bond donors (Lipinski definition) is 0. The number of anilines is 1. The fourth-order valence-electron chi connectivity index (χ4n) is 2.97. The van der Waals surface area contributed by atoms with E-state index in [9.17, 15) is 10.1 Å². The van der Waals surface area contributed by atoms with Crippen LogP contribution < -0.4 is 4.90 Å². The van der Waals surface area contributed by atoms with Gasteiger partial charge in [-0.25, -0.2) is 0 Å². The Balaban J connectivity index is 1.73. The molecule has 1 aliphatic heterocycles. The van der Waals surface area contributed by atoms with Crippen molar-refractivity contribution in [3.05, 3.63) is 50.8 Å². The molecular weight excluding hydrogens is 332 g/mol. The molecule has 24 heavy (non-hydrogen) atoms. The minimum Gasteiger partial charge on any atom is -0.373 e. The van der Waals surface area contributed by atoms with Gasteiger partial charge in [-0.1, -0.05) is 11.6 Å². The van der Waals surface area contributed by atoms with E-state index in [0.717, 1.165) is 17.1 Å². The van der Waals surface area contributed by atoms with Gasteiger partial charge in [-0.05, 0) is 26.0 Å². The SMILES string of the molecule is Cc1cc(C)n(CC2CN(c3ccc([N+](=O)[O-])cc3Cl)CCO2)n1. The second-order valence-electron chi connectivity index (χ2n) is 5.94. The average Bonchev–Trinajstić information content (AvgIpc) is 2.85. The van der Waals surface area contributed by atoms with E-state index in [1.807, 2.05) is 24.6 Å². The maximum Gasteiger partial charge on any atom is 0.271 e. The van der Waals surface area contributed by atoms with Crippen molar-refractivity contribution in [1.82, 2.24) is 9.78 Å². The molecule has 0 N–H and O–H groups in total. The molecule has 0 saturated carbocycles. The van der Waals surface area contributed by atoms with Crippen molar-refractivity contribution >= 4 is 23.0 Å². The summed E-state index contributed by atoms with van der Waals surface area (Å²) < 4.78 is 7.79. The first kappa shape index (κ1) is 16.7. The fraction of sp³-hybridized carbons (Fsp3) is 0.438. The number of halogens is 1. The standard InChI is InChI=1S/C16H19ClN4O3/c1-11-7-12(2)20(18-11)10-14-9-19(5-6-24-14)16-4-3-13(21(22)23)8-15(16)17/h3-4,7-8,14H,5-6,9-10H2,1-2H3. The van der Waals surface area contributed by atoms with E-state index in [-0.39, 0.29) is 11.8 Å². The van der Waals surface area contributed by atoms with Crippen LogP contribution in [-0.2, 0) is 11.3 Å². The molecule has 8 heteroatoms. The summed E-state index contributed by atoms with van der Waals surface area (Å²) in [5, 5.41) is 15.7. The number of rotatable bonds is 4. The van der Waals surface area contributed by atoms with E-state index in [1.54, 1.807) is 6.07 Å². The van der Waals surface area contributed by atoms with E-state index >= 15 is 0 Å². The van der Waals surface area contributed by atoms with Crippen LogP contribution in [0.5, 0.6) is 0 Å². The first-order valence-corrected chi connectivity index (χ1v) is 8.13. The molecule has 0 radical (unpaired) electrons. The van der Waals surface area contributed by atoms with Gasteiger partial charge in [-0.3, -0.25) is 14.8 Å². The molecule has 2 heterocycles. The van der Waals surface area contributed by atoms with Crippen molar-refractivity contribution in [2.24, 2.45) is 0 Å². The van der Waals surface area contributed by atoms with Crippen LogP contribution in [0.2, 0.25) is 5.02 Å². The van der Waals surface area contributed by atoms with Gasteiger partial charge in [0.25, 0.3) is 5.69 Å².